The largest absolute Gasteiger partial charge is 0.467 e. The predicted octanol–water partition coefficient (Wildman–Crippen LogP) is 2.12. The van der Waals surface area contributed by atoms with Gasteiger partial charge in [-0.05, 0) is 24.6 Å². The fourth-order valence-corrected chi connectivity index (χ4v) is 3.54. The first-order chi connectivity index (χ1) is 12.9. The van der Waals surface area contributed by atoms with Gasteiger partial charge in [-0.25, -0.2) is 19.0 Å². The van der Waals surface area contributed by atoms with Gasteiger partial charge in [0.1, 0.15) is 17.6 Å². The third-order valence-corrected chi connectivity index (χ3v) is 4.89. The molecule has 8 nitrogen and oxygen atoms in total. The maximum absolute atomic E-state index is 13.0. The van der Waals surface area contributed by atoms with Crippen molar-refractivity contribution in [2.24, 2.45) is 0 Å². The van der Waals surface area contributed by atoms with Gasteiger partial charge in [0.25, 0.3) is 5.91 Å². The molecule has 3 amide bonds. The molecule has 2 heterocycles. The predicted molar refractivity (Wildman–Crippen MR) is 95.7 cm³/mol. The number of aromatic nitrogens is 1. The van der Waals surface area contributed by atoms with E-state index in [4.69, 9.17) is 0 Å². The van der Waals surface area contributed by atoms with Crippen LogP contribution in [0.1, 0.15) is 27.9 Å². The molecule has 2 aromatic rings. The quantitative estimate of drug-likeness (QED) is 0.759. The number of hydrogen-bond acceptors (Lipinski definition) is 6. The Hall–Kier alpha value is -3.01. The van der Waals surface area contributed by atoms with Crippen LogP contribution in [0.15, 0.2) is 24.3 Å². The lowest BCUT2D eigenvalue weighted by Gasteiger charge is -2.15. The molecule has 10 heteroatoms. The number of fused-ring (bicyclic) bond motifs is 1. The maximum Gasteiger partial charge on any atom is 0.328 e. The highest BCUT2D eigenvalue weighted by atomic mass is 32.1. The zero-order valence-corrected chi connectivity index (χ0v) is 15.4. The van der Waals surface area contributed by atoms with Crippen LogP contribution < -0.4 is 10.6 Å². The van der Waals surface area contributed by atoms with E-state index >= 15 is 0 Å². The van der Waals surface area contributed by atoms with Crippen molar-refractivity contribution < 1.29 is 23.5 Å². The highest BCUT2D eigenvalue weighted by molar-refractivity contribution is 7.16. The van der Waals surface area contributed by atoms with E-state index in [0.29, 0.717) is 18.8 Å². The SMILES string of the molecule is COC(=O)C(C)NC(=O)Nc1nc2c(s1)CN(Cc1ccc(F)cc1)C2=O. The van der Waals surface area contributed by atoms with E-state index in [-0.39, 0.29) is 16.9 Å². The number of amides is 3. The molecule has 0 saturated heterocycles. The average Bonchev–Trinajstić information content (AvgIpc) is 3.15. The first-order valence-corrected chi connectivity index (χ1v) is 8.87. The number of hydrogen-bond donors (Lipinski definition) is 2. The Labute approximate surface area is 158 Å². The van der Waals surface area contributed by atoms with Gasteiger partial charge < -0.3 is 15.0 Å². The minimum atomic E-state index is -0.811. The number of rotatable bonds is 5. The number of carbonyl (C=O) groups excluding carboxylic acids is 3. The summed E-state index contributed by atoms with van der Waals surface area (Å²) in [5, 5.41) is 5.19. The van der Waals surface area contributed by atoms with Crippen LogP contribution in [-0.2, 0) is 22.6 Å². The van der Waals surface area contributed by atoms with Crippen molar-refractivity contribution in [1.29, 1.82) is 0 Å². The van der Waals surface area contributed by atoms with E-state index in [1.165, 1.54) is 37.5 Å². The molecule has 142 valence electrons. The summed E-state index contributed by atoms with van der Waals surface area (Å²) in [4.78, 5) is 42.2. The number of halogens is 1. The molecule has 1 aliphatic heterocycles. The summed E-state index contributed by atoms with van der Waals surface area (Å²) in [5.74, 6) is -1.15. The molecule has 27 heavy (non-hydrogen) atoms. The van der Waals surface area contributed by atoms with Crippen LogP contribution >= 0.6 is 11.3 Å². The van der Waals surface area contributed by atoms with Gasteiger partial charge in [-0.1, -0.05) is 23.5 Å². The number of thiazole rings is 1. The molecule has 3 rings (SSSR count). The lowest BCUT2D eigenvalue weighted by molar-refractivity contribution is -0.142. The number of nitrogens with one attached hydrogen (secondary N) is 2. The van der Waals surface area contributed by atoms with E-state index in [1.54, 1.807) is 17.0 Å². The molecule has 0 saturated carbocycles. The topological polar surface area (TPSA) is 101 Å². The highest BCUT2D eigenvalue weighted by Gasteiger charge is 2.32. The summed E-state index contributed by atoms with van der Waals surface area (Å²) in [6.45, 7) is 2.21. The third kappa shape index (κ3) is 4.22. The van der Waals surface area contributed by atoms with Crippen LogP contribution in [0.25, 0.3) is 0 Å². The van der Waals surface area contributed by atoms with Crippen LogP contribution in [-0.4, -0.2) is 40.9 Å². The second-order valence-corrected chi connectivity index (χ2v) is 7.01. The van der Waals surface area contributed by atoms with Crippen LogP contribution in [0.2, 0.25) is 0 Å². The van der Waals surface area contributed by atoms with Crippen molar-refractivity contribution in [3.8, 4) is 0 Å². The van der Waals surface area contributed by atoms with Crippen molar-refractivity contribution in [3.05, 3.63) is 46.2 Å². The first-order valence-electron chi connectivity index (χ1n) is 8.06. The molecule has 1 unspecified atom stereocenters. The van der Waals surface area contributed by atoms with Crippen molar-refractivity contribution in [1.82, 2.24) is 15.2 Å². The number of anilines is 1. The van der Waals surface area contributed by atoms with Gasteiger partial charge in [0.2, 0.25) is 0 Å². The van der Waals surface area contributed by atoms with Gasteiger partial charge in [-0.15, -0.1) is 0 Å². The highest BCUT2D eigenvalue weighted by Crippen LogP contribution is 2.31. The summed E-state index contributed by atoms with van der Waals surface area (Å²) in [5.41, 5.74) is 1.10. The Balaban J connectivity index is 1.60. The molecule has 0 spiro atoms. The van der Waals surface area contributed by atoms with E-state index in [9.17, 15) is 18.8 Å². The Morgan fingerprint density at radius 1 is 1.37 bits per heavy atom. The number of carbonyl (C=O) groups is 3. The van der Waals surface area contributed by atoms with Gasteiger partial charge >= 0.3 is 12.0 Å². The number of methoxy groups -OCH3 is 1. The molecule has 2 N–H and O–H groups in total. The molecule has 0 bridgehead atoms. The standard InChI is InChI=1S/C17H17FN4O4S/c1-9(15(24)26-2)19-16(25)21-17-20-13-12(27-17)8-22(14(13)23)7-10-3-5-11(18)6-4-10/h3-6,9H,7-8H2,1-2H3,(H2,19,20,21,25). The zero-order valence-electron chi connectivity index (χ0n) is 14.6. The smallest absolute Gasteiger partial charge is 0.328 e. The molecule has 1 aliphatic rings. The van der Waals surface area contributed by atoms with Gasteiger partial charge in [0, 0.05) is 6.54 Å². The summed E-state index contributed by atoms with van der Waals surface area (Å²) in [6.07, 6.45) is 0. The Morgan fingerprint density at radius 3 is 2.70 bits per heavy atom. The minimum absolute atomic E-state index is 0.248. The van der Waals surface area contributed by atoms with E-state index < -0.39 is 18.0 Å². The Bertz CT molecular complexity index is 884. The number of urea groups is 1. The average molecular weight is 392 g/mol. The van der Waals surface area contributed by atoms with E-state index in [1.807, 2.05) is 0 Å². The molecule has 0 fully saturated rings. The first kappa shape index (κ1) is 18.8. The van der Waals surface area contributed by atoms with Crippen molar-refractivity contribution >= 4 is 34.4 Å². The van der Waals surface area contributed by atoms with Crippen molar-refractivity contribution in [2.45, 2.75) is 26.1 Å². The minimum Gasteiger partial charge on any atom is -0.467 e. The van der Waals surface area contributed by atoms with Crippen LogP contribution in [0.5, 0.6) is 0 Å². The third-order valence-electron chi connectivity index (χ3n) is 3.93. The van der Waals surface area contributed by atoms with Crippen molar-refractivity contribution in [3.63, 3.8) is 0 Å². The molecule has 1 aromatic carbocycles. The Morgan fingerprint density at radius 2 is 2.07 bits per heavy atom. The number of benzene rings is 1. The number of esters is 1. The van der Waals surface area contributed by atoms with Gasteiger partial charge in [0.15, 0.2) is 5.13 Å². The number of ether oxygens (including phenoxy) is 1. The van der Waals surface area contributed by atoms with Crippen LogP contribution in [0, 0.1) is 5.82 Å². The molecule has 0 aliphatic carbocycles. The van der Waals surface area contributed by atoms with Gasteiger partial charge in [-0.3, -0.25) is 10.1 Å². The van der Waals surface area contributed by atoms with Crippen LogP contribution in [0.3, 0.4) is 0 Å². The second kappa shape index (κ2) is 7.70. The summed E-state index contributed by atoms with van der Waals surface area (Å²) in [6, 6.07) is 4.52. The van der Waals surface area contributed by atoms with E-state index in [0.717, 1.165) is 10.4 Å². The van der Waals surface area contributed by atoms with Crippen molar-refractivity contribution in [2.75, 3.05) is 12.4 Å². The lowest BCUT2D eigenvalue weighted by Crippen LogP contribution is -2.41. The van der Waals surface area contributed by atoms with Gasteiger partial charge in [-0.2, -0.15) is 0 Å². The molecule has 1 aromatic heterocycles. The molecule has 1 atom stereocenters. The summed E-state index contributed by atoms with van der Waals surface area (Å²) < 4.78 is 17.5. The van der Waals surface area contributed by atoms with Gasteiger partial charge in [0.05, 0.1) is 18.5 Å². The maximum atomic E-state index is 13.0. The molecule has 0 radical (unpaired) electrons. The lowest BCUT2D eigenvalue weighted by atomic mass is 10.2. The normalized spacial score (nSPS) is 13.9. The summed E-state index contributed by atoms with van der Waals surface area (Å²) in [7, 11) is 1.23. The molecular weight excluding hydrogens is 375 g/mol. The monoisotopic (exact) mass is 392 g/mol. The number of nitrogens with zero attached hydrogens (tertiary/aromatic N) is 2. The second-order valence-electron chi connectivity index (χ2n) is 5.92. The van der Waals surface area contributed by atoms with E-state index in [2.05, 4.69) is 20.4 Å². The zero-order chi connectivity index (χ0) is 19.6. The fourth-order valence-electron chi connectivity index (χ4n) is 2.58. The summed E-state index contributed by atoms with van der Waals surface area (Å²) >= 11 is 1.19. The van der Waals surface area contributed by atoms with Crippen LogP contribution in [0.4, 0.5) is 14.3 Å². The fraction of sp³-hybridized carbons (Fsp3) is 0.294. The Kier molecular flexibility index (Phi) is 5.36. The molecular formula is C17H17FN4O4S.